The van der Waals surface area contributed by atoms with Crippen molar-refractivity contribution in [3.8, 4) is 0 Å². The lowest BCUT2D eigenvalue weighted by molar-refractivity contribution is 0.114. The van der Waals surface area contributed by atoms with Gasteiger partial charge in [0.05, 0.1) is 0 Å². The lowest BCUT2D eigenvalue weighted by Crippen LogP contribution is -2.33. The molecule has 0 saturated heterocycles. The van der Waals surface area contributed by atoms with Gasteiger partial charge in [0.25, 0.3) is 0 Å². The monoisotopic (exact) mass is 234 g/mol. The third kappa shape index (κ3) is 2.46. The average molecular weight is 234 g/mol. The average Bonchev–Trinajstić information content (AvgIpc) is 2.34. The number of allylic oxidation sites excluding steroid dienone is 4. The molecular formula is C15H16F2. The molecule has 0 aliphatic heterocycles. The van der Waals surface area contributed by atoms with Crippen molar-refractivity contribution in [3.05, 3.63) is 54.1 Å². The zero-order valence-corrected chi connectivity index (χ0v) is 9.87. The van der Waals surface area contributed by atoms with E-state index in [1.54, 1.807) is 6.08 Å². The molecule has 2 rings (SSSR count). The van der Waals surface area contributed by atoms with Gasteiger partial charge in [-0.25, -0.2) is 8.78 Å². The second kappa shape index (κ2) is 4.82. The summed E-state index contributed by atoms with van der Waals surface area (Å²) in [4.78, 5) is 0. The fraction of sp³-hybridized carbons (Fsp3) is 0.333. The Hall–Kier alpha value is -1.44. The Bertz CT molecular complexity index is 433. The van der Waals surface area contributed by atoms with E-state index in [1.165, 1.54) is 12.2 Å². The van der Waals surface area contributed by atoms with Gasteiger partial charge >= 0.3 is 0 Å². The normalized spacial score (nSPS) is 27.9. The van der Waals surface area contributed by atoms with Gasteiger partial charge in [-0.1, -0.05) is 49.8 Å². The van der Waals surface area contributed by atoms with Crippen LogP contribution in [-0.2, 0) is 0 Å². The smallest absolute Gasteiger partial charge is 0.164 e. The van der Waals surface area contributed by atoms with Crippen molar-refractivity contribution in [2.45, 2.75) is 31.6 Å². The molecule has 0 radical (unpaired) electrons. The molecule has 0 spiro atoms. The molecule has 0 nitrogen and oxygen atoms in total. The summed E-state index contributed by atoms with van der Waals surface area (Å²) in [6, 6.07) is 9.48. The number of halogens is 2. The molecule has 1 aliphatic rings. The molecule has 0 aromatic heterocycles. The molecule has 90 valence electrons. The molecule has 17 heavy (non-hydrogen) atoms. The van der Waals surface area contributed by atoms with Gasteiger partial charge in [0.15, 0.2) is 11.8 Å². The number of hydrogen-bond acceptors (Lipinski definition) is 0. The molecule has 1 aromatic carbocycles. The first-order valence-corrected chi connectivity index (χ1v) is 5.95. The van der Waals surface area contributed by atoms with Crippen molar-refractivity contribution < 1.29 is 8.78 Å². The summed E-state index contributed by atoms with van der Waals surface area (Å²) >= 11 is 0. The van der Waals surface area contributed by atoms with Crippen molar-refractivity contribution in [1.29, 1.82) is 0 Å². The summed E-state index contributed by atoms with van der Waals surface area (Å²) < 4.78 is 28.0. The number of alkyl halides is 2. The Kier molecular flexibility index (Phi) is 3.41. The Balaban J connectivity index is 2.24. The Labute approximate surface area is 101 Å². The number of rotatable bonds is 3. The summed E-state index contributed by atoms with van der Waals surface area (Å²) in [6.07, 6.45) is 3.73. The van der Waals surface area contributed by atoms with Crippen LogP contribution in [0, 0.1) is 0 Å². The molecule has 1 aliphatic carbocycles. The van der Waals surface area contributed by atoms with Crippen LogP contribution in [0.3, 0.4) is 0 Å². The predicted octanol–water partition coefficient (Wildman–Crippen LogP) is 4.49. The molecule has 2 heteroatoms. The van der Waals surface area contributed by atoms with E-state index in [-0.39, 0.29) is 6.42 Å². The van der Waals surface area contributed by atoms with E-state index >= 15 is 0 Å². The summed E-state index contributed by atoms with van der Waals surface area (Å²) in [5.74, 6) is 0. The van der Waals surface area contributed by atoms with Crippen LogP contribution in [-0.4, -0.2) is 11.8 Å². The van der Waals surface area contributed by atoms with E-state index in [2.05, 4.69) is 0 Å². The number of hydrogen-bond donors (Lipinski definition) is 0. The summed E-state index contributed by atoms with van der Waals surface area (Å²) in [5, 5.41) is 0. The van der Waals surface area contributed by atoms with Crippen LogP contribution in [0.25, 0.3) is 5.57 Å². The third-order valence-electron chi connectivity index (χ3n) is 3.06. The zero-order chi connectivity index (χ0) is 12.3. The van der Waals surface area contributed by atoms with Crippen LogP contribution in [0.4, 0.5) is 8.78 Å². The zero-order valence-electron chi connectivity index (χ0n) is 9.87. The van der Waals surface area contributed by atoms with Crippen LogP contribution in [0.2, 0.25) is 0 Å². The van der Waals surface area contributed by atoms with Crippen molar-refractivity contribution in [2.24, 2.45) is 0 Å². The predicted molar refractivity (Wildman–Crippen MR) is 67.2 cm³/mol. The highest BCUT2D eigenvalue weighted by Crippen LogP contribution is 2.35. The molecule has 0 unspecified atom stereocenters. The summed E-state index contributed by atoms with van der Waals surface area (Å²) in [5.41, 5.74) is -0.153. The number of benzene rings is 1. The maximum Gasteiger partial charge on any atom is 0.164 e. The Morgan fingerprint density at radius 3 is 2.53 bits per heavy atom. The van der Waals surface area contributed by atoms with Gasteiger partial charge in [-0.3, -0.25) is 0 Å². The van der Waals surface area contributed by atoms with Crippen molar-refractivity contribution in [2.75, 3.05) is 0 Å². The second-order valence-electron chi connectivity index (χ2n) is 4.40. The van der Waals surface area contributed by atoms with Gasteiger partial charge in [-0.05, 0) is 29.7 Å². The first-order chi connectivity index (χ1) is 8.15. The fourth-order valence-corrected chi connectivity index (χ4v) is 2.10. The molecule has 0 saturated carbocycles. The molecule has 0 heterocycles. The van der Waals surface area contributed by atoms with E-state index in [4.69, 9.17) is 0 Å². The molecule has 0 N–H and O–H groups in total. The van der Waals surface area contributed by atoms with Gasteiger partial charge in [-0.15, -0.1) is 0 Å². The van der Waals surface area contributed by atoms with E-state index in [1.807, 2.05) is 37.3 Å². The fourth-order valence-electron chi connectivity index (χ4n) is 2.10. The van der Waals surface area contributed by atoms with Gasteiger partial charge in [-0.2, -0.15) is 0 Å². The lowest BCUT2D eigenvalue weighted by Gasteiger charge is -2.27. The molecule has 2 atom stereocenters. The minimum atomic E-state index is -1.83. The second-order valence-corrected chi connectivity index (χ2v) is 4.40. The van der Waals surface area contributed by atoms with Crippen LogP contribution < -0.4 is 0 Å². The maximum absolute atomic E-state index is 14.1. The minimum absolute atomic E-state index is 0.225. The highest BCUT2D eigenvalue weighted by atomic mass is 19.2. The quantitative estimate of drug-likeness (QED) is 0.723. The maximum atomic E-state index is 14.1. The standard InChI is InChI=1S/C15H16F2/c1-2-9-15(17)10-8-13(11-14(15)16)12-6-4-3-5-7-12/h3-8,10-11,14H,2,9H2,1H3/t14-,15+/m1/s1. The van der Waals surface area contributed by atoms with Gasteiger partial charge in [0, 0.05) is 0 Å². The largest absolute Gasteiger partial charge is 0.239 e. The van der Waals surface area contributed by atoms with E-state index in [0.717, 1.165) is 11.1 Å². The van der Waals surface area contributed by atoms with Gasteiger partial charge < -0.3 is 0 Å². The lowest BCUT2D eigenvalue weighted by atomic mass is 9.86. The van der Waals surface area contributed by atoms with E-state index in [0.29, 0.717) is 6.42 Å². The Morgan fingerprint density at radius 1 is 1.24 bits per heavy atom. The Morgan fingerprint density at radius 2 is 1.94 bits per heavy atom. The summed E-state index contributed by atoms with van der Waals surface area (Å²) in [7, 11) is 0. The van der Waals surface area contributed by atoms with Crippen LogP contribution in [0.5, 0.6) is 0 Å². The topological polar surface area (TPSA) is 0 Å². The van der Waals surface area contributed by atoms with Crippen LogP contribution in [0.1, 0.15) is 25.3 Å². The van der Waals surface area contributed by atoms with Gasteiger partial charge in [0.1, 0.15) is 0 Å². The highest BCUT2D eigenvalue weighted by molar-refractivity contribution is 5.76. The molecule has 1 aromatic rings. The minimum Gasteiger partial charge on any atom is -0.239 e. The van der Waals surface area contributed by atoms with E-state index in [9.17, 15) is 8.78 Å². The van der Waals surface area contributed by atoms with Crippen molar-refractivity contribution in [1.82, 2.24) is 0 Å². The molecule has 0 amide bonds. The molecule has 0 bridgehead atoms. The van der Waals surface area contributed by atoms with Crippen molar-refractivity contribution >= 4 is 5.57 Å². The van der Waals surface area contributed by atoms with Crippen LogP contribution in [0.15, 0.2) is 48.6 Å². The molecule has 0 fully saturated rings. The SMILES string of the molecule is CCC[C@]1(F)C=CC(c2ccccc2)=C[C@H]1F. The summed E-state index contributed by atoms with van der Waals surface area (Å²) in [6.45, 7) is 1.86. The van der Waals surface area contributed by atoms with Gasteiger partial charge in [0.2, 0.25) is 0 Å². The van der Waals surface area contributed by atoms with E-state index < -0.39 is 11.8 Å². The first-order valence-electron chi connectivity index (χ1n) is 5.95. The first kappa shape index (κ1) is 12.0. The third-order valence-corrected chi connectivity index (χ3v) is 3.06. The van der Waals surface area contributed by atoms with Crippen molar-refractivity contribution in [3.63, 3.8) is 0 Å². The van der Waals surface area contributed by atoms with Crippen LogP contribution >= 0.6 is 0 Å². The highest BCUT2D eigenvalue weighted by Gasteiger charge is 2.37. The molecular weight excluding hydrogens is 218 g/mol.